The van der Waals surface area contributed by atoms with Crippen LogP contribution in [0.3, 0.4) is 0 Å². The van der Waals surface area contributed by atoms with Crippen LogP contribution in [0.15, 0.2) is 4.52 Å². The third kappa shape index (κ3) is 2.56. The summed E-state index contributed by atoms with van der Waals surface area (Å²) in [4.78, 5) is 14.0. The number of aryl methyl sites for hydroxylation is 2. The van der Waals surface area contributed by atoms with E-state index in [-0.39, 0.29) is 11.9 Å². The standard InChI is InChI=1S/C13H21N3O2/c1-3-11-10(12(4-2)18-15-11)7-13(17)16-6-5-9(14)8-16/h9H,3-8,14H2,1-2H3. The highest BCUT2D eigenvalue weighted by molar-refractivity contribution is 5.79. The van der Waals surface area contributed by atoms with E-state index in [4.69, 9.17) is 10.3 Å². The molecule has 0 radical (unpaired) electrons. The van der Waals surface area contributed by atoms with E-state index >= 15 is 0 Å². The number of likely N-dealkylation sites (tertiary alicyclic amines) is 1. The number of rotatable bonds is 4. The van der Waals surface area contributed by atoms with Gasteiger partial charge in [0.2, 0.25) is 5.91 Å². The van der Waals surface area contributed by atoms with Crippen LogP contribution >= 0.6 is 0 Å². The Balaban J connectivity index is 2.08. The molecule has 0 saturated carbocycles. The maximum atomic E-state index is 12.2. The van der Waals surface area contributed by atoms with Crippen molar-refractivity contribution >= 4 is 5.91 Å². The van der Waals surface area contributed by atoms with Crippen LogP contribution in [-0.4, -0.2) is 35.1 Å². The number of hydrogen-bond acceptors (Lipinski definition) is 4. The molecule has 0 bridgehead atoms. The molecule has 1 aromatic heterocycles. The van der Waals surface area contributed by atoms with E-state index in [2.05, 4.69) is 5.16 Å². The van der Waals surface area contributed by atoms with E-state index in [9.17, 15) is 4.79 Å². The van der Waals surface area contributed by atoms with Crippen molar-refractivity contribution in [2.75, 3.05) is 13.1 Å². The predicted octanol–water partition coefficient (Wildman–Crippen LogP) is 0.902. The van der Waals surface area contributed by atoms with Crippen LogP contribution in [-0.2, 0) is 24.1 Å². The summed E-state index contributed by atoms with van der Waals surface area (Å²) in [5.74, 6) is 0.972. The van der Waals surface area contributed by atoms with Crippen molar-refractivity contribution in [3.8, 4) is 0 Å². The largest absolute Gasteiger partial charge is 0.361 e. The second kappa shape index (κ2) is 5.52. The zero-order chi connectivity index (χ0) is 13.1. The lowest BCUT2D eigenvalue weighted by Crippen LogP contribution is -2.33. The van der Waals surface area contributed by atoms with Crippen LogP contribution in [0.25, 0.3) is 0 Å². The van der Waals surface area contributed by atoms with Gasteiger partial charge >= 0.3 is 0 Å². The molecule has 2 rings (SSSR count). The van der Waals surface area contributed by atoms with Gasteiger partial charge in [0.25, 0.3) is 0 Å². The van der Waals surface area contributed by atoms with Crippen LogP contribution in [0, 0.1) is 0 Å². The zero-order valence-electron chi connectivity index (χ0n) is 11.1. The molecule has 2 N–H and O–H groups in total. The molecule has 2 heterocycles. The number of aromatic nitrogens is 1. The predicted molar refractivity (Wildman–Crippen MR) is 68.1 cm³/mol. The Labute approximate surface area is 107 Å². The van der Waals surface area contributed by atoms with Gasteiger partial charge in [-0.15, -0.1) is 0 Å². The number of hydrogen-bond donors (Lipinski definition) is 1. The SMILES string of the molecule is CCc1noc(CC)c1CC(=O)N1CCC(N)C1. The molecule has 1 fully saturated rings. The molecule has 0 aromatic carbocycles. The van der Waals surface area contributed by atoms with Crippen molar-refractivity contribution in [2.45, 2.75) is 45.6 Å². The Morgan fingerprint density at radius 3 is 2.83 bits per heavy atom. The summed E-state index contributed by atoms with van der Waals surface area (Å²) in [5, 5.41) is 4.03. The van der Waals surface area contributed by atoms with Crippen molar-refractivity contribution in [1.82, 2.24) is 10.1 Å². The first kappa shape index (κ1) is 13.1. The summed E-state index contributed by atoms with van der Waals surface area (Å²) in [5.41, 5.74) is 7.71. The van der Waals surface area contributed by atoms with Crippen LogP contribution < -0.4 is 5.73 Å². The molecule has 1 atom stereocenters. The first-order valence-electron chi connectivity index (χ1n) is 6.65. The summed E-state index contributed by atoms with van der Waals surface area (Å²) in [6, 6.07) is 0.132. The van der Waals surface area contributed by atoms with Gasteiger partial charge in [-0.2, -0.15) is 0 Å². The smallest absolute Gasteiger partial charge is 0.227 e. The molecule has 18 heavy (non-hydrogen) atoms. The number of carbonyl (C=O) groups excluding carboxylic acids is 1. The molecule has 5 heteroatoms. The van der Waals surface area contributed by atoms with Crippen LogP contribution in [0.2, 0.25) is 0 Å². The van der Waals surface area contributed by atoms with Crippen molar-refractivity contribution in [2.24, 2.45) is 5.73 Å². The molecule has 1 aliphatic rings. The molecule has 5 nitrogen and oxygen atoms in total. The average molecular weight is 251 g/mol. The molecule has 1 saturated heterocycles. The van der Waals surface area contributed by atoms with Crippen molar-refractivity contribution < 1.29 is 9.32 Å². The fourth-order valence-electron chi connectivity index (χ4n) is 2.41. The van der Waals surface area contributed by atoms with Crippen molar-refractivity contribution in [3.05, 3.63) is 17.0 Å². The maximum absolute atomic E-state index is 12.2. The fraction of sp³-hybridized carbons (Fsp3) is 0.692. The number of nitrogens with zero attached hydrogens (tertiary/aromatic N) is 2. The Hall–Kier alpha value is -1.36. The van der Waals surface area contributed by atoms with Gasteiger partial charge in [-0.05, 0) is 12.8 Å². The Morgan fingerprint density at radius 2 is 2.28 bits per heavy atom. The third-order valence-corrected chi connectivity index (χ3v) is 3.51. The summed E-state index contributed by atoms with van der Waals surface area (Å²) < 4.78 is 5.28. The summed E-state index contributed by atoms with van der Waals surface area (Å²) in [6.45, 7) is 5.48. The average Bonchev–Trinajstić information content (AvgIpc) is 2.95. The summed E-state index contributed by atoms with van der Waals surface area (Å²) in [6.07, 6.45) is 2.86. The fourth-order valence-corrected chi connectivity index (χ4v) is 2.41. The molecule has 1 aliphatic heterocycles. The van der Waals surface area contributed by atoms with Gasteiger partial charge in [-0.25, -0.2) is 0 Å². The van der Waals surface area contributed by atoms with Crippen molar-refractivity contribution in [1.29, 1.82) is 0 Å². The number of amides is 1. The lowest BCUT2D eigenvalue weighted by atomic mass is 10.1. The molecule has 0 aliphatic carbocycles. The third-order valence-electron chi connectivity index (χ3n) is 3.51. The highest BCUT2D eigenvalue weighted by Crippen LogP contribution is 2.18. The Bertz CT molecular complexity index is 406. The minimum Gasteiger partial charge on any atom is -0.361 e. The van der Waals surface area contributed by atoms with Gasteiger partial charge in [-0.1, -0.05) is 19.0 Å². The highest BCUT2D eigenvalue weighted by Gasteiger charge is 2.25. The highest BCUT2D eigenvalue weighted by atomic mass is 16.5. The quantitative estimate of drug-likeness (QED) is 0.863. The van der Waals surface area contributed by atoms with E-state index in [1.54, 1.807) is 0 Å². The van der Waals surface area contributed by atoms with E-state index in [1.807, 2.05) is 18.7 Å². The Kier molecular flexibility index (Phi) is 4.01. The van der Waals surface area contributed by atoms with Gasteiger partial charge in [0.15, 0.2) is 0 Å². The molecule has 100 valence electrons. The molecule has 1 aromatic rings. The maximum Gasteiger partial charge on any atom is 0.227 e. The summed E-state index contributed by atoms with van der Waals surface area (Å²) in [7, 11) is 0. The second-order valence-corrected chi connectivity index (χ2v) is 4.80. The van der Waals surface area contributed by atoms with Crippen LogP contribution in [0.1, 0.15) is 37.3 Å². The minimum atomic E-state index is 0.132. The zero-order valence-corrected chi connectivity index (χ0v) is 11.1. The molecular formula is C13H21N3O2. The lowest BCUT2D eigenvalue weighted by molar-refractivity contribution is -0.129. The normalized spacial score (nSPS) is 19.5. The van der Waals surface area contributed by atoms with Gasteiger partial charge in [0, 0.05) is 31.1 Å². The molecule has 0 spiro atoms. The monoisotopic (exact) mass is 251 g/mol. The minimum absolute atomic E-state index is 0.132. The second-order valence-electron chi connectivity index (χ2n) is 4.80. The van der Waals surface area contributed by atoms with E-state index in [0.29, 0.717) is 13.0 Å². The topological polar surface area (TPSA) is 72.4 Å². The van der Waals surface area contributed by atoms with Gasteiger partial charge < -0.3 is 15.2 Å². The first-order valence-corrected chi connectivity index (χ1v) is 6.65. The van der Waals surface area contributed by atoms with Gasteiger partial charge in [0.05, 0.1) is 12.1 Å². The Morgan fingerprint density at radius 1 is 1.50 bits per heavy atom. The van der Waals surface area contributed by atoms with Crippen LogP contribution in [0.5, 0.6) is 0 Å². The van der Waals surface area contributed by atoms with E-state index in [1.165, 1.54) is 0 Å². The summed E-state index contributed by atoms with van der Waals surface area (Å²) >= 11 is 0. The van der Waals surface area contributed by atoms with Crippen LogP contribution in [0.4, 0.5) is 0 Å². The van der Waals surface area contributed by atoms with E-state index < -0.39 is 0 Å². The number of nitrogens with two attached hydrogens (primary N) is 1. The lowest BCUT2D eigenvalue weighted by Gasteiger charge is -2.15. The van der Waals surface area contributed by atoms with E-state index in [0.717, 1.165) is 42.8 Å². The number of carbonyl (C=O) groups is 1. The van der Waals surface area contributed by atoms with Crippen molar-refractivity contribution in [3.63, 3.8) is 0 Å². The van der Waals surface area contributed by atoms with Gasteiger partial charge in [0.1, 0.15) is 5.76 Å². The molecule has 1 unspecified atom stereocenters. The van der Waals surface area contributed by atoms with Gasteiger partial charge in [-0.3, -0.25) is 4.79 Å². The molecular weight excluding hydrogens is 230 g/mol. The first-order chi connectivity index (χ1) is 8.65. The molecule has 1 amide bonds.